The average molecular weight is 167 g/mol. The Labute approximate surface area is 59.3 Å². The summed E-state index contributed by atoms with van der Waals surface area (Å²) >= 11 is 0. The molecule has 0 aromatic carbocycles. The fourth-order valence-corrected chi connectivity index (χ4v) is 1.39. The maximum atomic E-state index is 10.1. The van der Waals surface area contributed by atoms with Crippen molar-refractivity contribution in [1.29, 1.82) is 0 Å². The summed E-state index contributed by atoms with van der Waals surface area (Å²) in [6.07, 6.45) is 0.231. The van der Waals surface area contributed by atoms with E-state index in [4.69, 9.17) is 4.55 Å². The Hall–Kier alpha value is -0.170. The van der Waals surface area contributed by atoms with E-state index in [1.807, 2.05) is 0 Å². The summed E-state index contributed by atoms with van der Waals surface area (Å²) in [5.41, 5.74) is 0. The maximum Gasteiger partial charge on any atom is 0.397 e. The van der Waals surface area contributed by atoms with Crippen molar-refractivity contribution in [3.63, 3.8) is 0 Å². The lowest BCUT2D eigenvalue weighted by atomic mass is 10.3. The van der Waals surface area contributed by atoms with E-state index in [-0.39, 0.29) is 0 Å². The lowest BCUT2D eigenvalue weighted by Gasteiger charge is -2.04. The van der Waals surface area contributed by atoms with Gasteiger partial charge in [-0.25, -0.2) is 4.18 Å². The molecule has 1 aliphatic rings. The van der Waals surface area contributed by atoms with Crippen LogP contribution in [-0.2, 0) is 14.6 Å². The largest absolute Gasteiger partial charge is 0.397 e. The SMILES string of the molecule is O=S(=O)(O)OC1CCNC1. The van der Waals surface area contributed by atoms with E-state index in [0.29, 0.717) is 13.0 Å². The van der Waals surface area contributed by atoms with Crippen LogP contribution in [0.1, 0.15) is 6.42 Å². The molecule has 1 aliphatic heterocycles. The van der Waals surface area contributed by atoms with Gasteiger partial charge in [-0.2, -0.15) is 8.42 Å². The molecule has 1 saturated heterocycles. The molecule has 0 aliphatic carbocycles. The monoisotopic (exact) mass is 167 g/mol. The Morgan fingerprint density at radius 1 is 1.60 bits per heavy atom. The van der Waals surface area contributed by atoms with E-state index in [1.54, 1.807) is 0 Å². The van der Waals surface area contributed by atoms with Gasteiger partial charge >= 0.3 is 10.4 Å². The van der Waals surface area contributed by atoms with E-state index in [0.717, 1.165) is 6.54 Å². The van der Waals surface area contributed by atoms with Crippen molar-refractivity contribution in [1.82, 2.24) is 5.32 Å². The summed E-state index contributed by atoms with van der Waals surface area (Å²) < 4.78 is 32.6. The second-order valence-corrected chi connectivity index (χ2v) is 3.19. The Morgan fingerprint density at radius 3 is 2.70 bits per heavy atom. The molecule has 1 heterocycles. The zero-order valence-corrected chi connectivity index (χ0v) is 6.10. The topological polar surface area (TPSA) is 75.6 Å². The van der Waals surface area contributed by atoms with Crippen LogP contribution in [0.15, 0.2) is 0 Å². The summed E-state index contributed by atoms with van der Waals surface area (Å²) in [7, 11) is -4.25. The highest BCUT2D eigenvalue weighted by atomic mass is 32.3. The van der Waals surface area contributed by atoms with Crippen LogP contribution in [0.5, 0.6) is 0 Å². The molecule has 0 aromatic rings. The van der Waals surface area contributed by atoms with Crippen molar-refractivity contribution in [3.05, 3.63) is 0 Å². The van der Waals surface area contributed by atoms with Crippen LogP contribution < -0.4 is 5.32 Å². The van der Waals surface area contributed by atoms with Crippen molar-refractivity contribution in [2.45, 2.75) is 12.5 Å². The van der Waals surface area contributed by atoms with Gasteiger partial charge in [0.05, 0.1) is 6.10 Å². The Kier molecular flexibility index (Phi) is 2.24. The van der Waals surface area contributed by atoms with Crippen LogP contribution >= 0.6 is 0 Å². The van der Waals surface area contributed by atoms with Gasteiger partial charge in [0.25, 0.3) is 0 Å². The smallest absolute Gasteiger partial charge is 0.314 e. The first-order valence-electron chi connectivity index (χ1n) is 2.94. The van der Waals surface area contributed by atoms with Gasteiger partial charge in [0.2, 0.25) is 0 Å². The third-order valence-electron chi connectivity index (χ3n) is 1.27. The Bertz CT molecular complexity index is 193. The second-order valence-electron chi connectivity index (χ2n) is 2.14. The first-order valence-corrected chi connectivity index (χ1v) is 4.31. The zero-order valence-electron chi connectivity index (χ0n) is 5.28. The lowest BCUT2D eigenvalue weighted by Crippen LogP contribution is -2.20. The van der Waals surface area contributed by atoms with Gasteiger partial charge in [-0.3, -0.25) is 4.55 Å². The van der Waals surface area contributed by atoms with Crippen molar-refractivity contribution in [2.24, 2.45) is 0 Å². The standard InChI is InChI=1S/C4H9NO4S/c6-10(7,8)9-4-1-2-5-3-4/h4-5H,1-3H2,(H,6,7,8). The molecule has 1 rings (SSSR count). The number of hydrogen-bond acceptors (Lipinski definition) is 4. The van der Waals surface area contributed by atoms with Crippen molar-refractivity contribution < 1.29 is 17.2 Å². The third kappa shape index (κ3) is 2.61. The van der Waals surface area contributed by atoms with Gasteiger partial charge in [0.15, 0.2) is 0 Å². The predicted octanol–water partition coefficient (Wildman–Crippen LogP) is -0.832. The Morgan fingerprint density at radius 2 is 2.30 bits per heavy atom. The van der Waals surface area contributed by atoms with E-state index in [9.17, 15) is 8.42 Å². The highest BCUT2D eigenvalue weighted by Crippen LogP contribution is 2.05. The van der Waals surface area contributed by atoms with Crippen LogP contribution in [0, 0.1) is 0 Å². The molecule has 1 atom stereocenters. The van der Waals surface area contributed by atoms with Crippen molar-refractivity contribution in [2.75, 3.05) is 13.1 Å². The van der Waals surface area contributed by atoms with E-state index in [1.165, 1.54) is 0 Å². The molecule has 6 heteroatoms. The normalized spacial score (nSPS) is 27.1. The number of hydrogen-bond donors (Lipinski definition) is 2. The van der Waals surface area contributed by atoms with Crippen molar-refractivity contribution >= 4 is 10.4 Å². The van der Waals surface area contributed by atoms with E-state index < -0.39 is 16.5 Å². The van der Waals surface area contributed by atoms with Crippen LogP contribution in [0.25, 0.3) is 0 Å². The molecule has 0 radical (unpaired) electrons. The van der Waals surface area contributed by atoms with Crippen LogP contribution in [0.4, 0.5) is 0 Å². The van der Waals surface area contributed by atoms with Gasteiger partial charge in [-0.1, -0.05) is 0 Å². The first-order chi connectivity index (χ1) is 4.58. The summed E-state index contributed by atoms with van der Waals surface area (Å²) in [4.78, 5) is 0. The minimum absolute atomic E-state index is 0.394. The zero-order chi connectivity index (χ0) is 7.61. The lowest BCUT2D eigenvalue weighted by molar-refractivity contribution is 0.198. The summed E-state index contributed by atoms with van der Waals surface area (Å²) in [6, 6.07) is 0. The fraction of sp³-hybridized carbons (Fsp3) is 1.00. The highest BCUT2D eigenvalue weighted by Gasteiger charge is 2.20. The van der Waals surface area contributed by atoms with Crippen LogP contribution in [0.3, 0.4) is 0 Å². The quantitative estimate of drug-likeness (QED) is 0.525. The molecule has 0 amide bonds. The van der Waals surface area contributed by atoms with Crippen LogP contribution in [0.2, 0.25) is 0 Å². The number of nitrogens with one attached hydrogen (secondary N) is 1. The highest BCUT2D eigenvalue weighted by molar-refractivity contribution is 7.80. The third-order valence-corrected chi connectivity index (χ3v) is 1.79. The molecular formula is C4H9NO4S. The summed E-state index contributed by atoms with van der Waals surface area (Å²) in [6.45, 7) is 1.22. The molecule has 5 nitrogen and oxygen atoms in total. The van der Waals surface area contributed by atoms with Gasteiger partial charge in [0, 0.05) is 6.54 Å². The molecule has 60 valence electrons. The minimum atomic E-state index is -4.25. The molecule has 2 N–H and O–H groups in total. The molecule has 10 heavy (non-hydrogen) atoms. The fourth-order valence-electron chi connectivity index (χ4n) is 0.882. The molecular weight excluding hydrogens is 158 g/mol. The van der Waals surface area contributed by atoms with Gasteiger partial charge in [-0.15, -0.1) is 0 Å². The minimum Gasteiger partial charge on any atom is -0.314 e. The summed E-state index contributed by atoms with van der Waals surface area (Å²) in [5, 5.41) is 2.89. The van der Waals surface area contributed by atoms with Crippen molar-refractivity contribution in [3.8, 4) is 0 Å². The molecule has 0 spiro atoms. The van der Waals surface area contributed by atoms with E-state index in [2.05, 4.69) is 9.50 Å². The molecule has 0 aromatic heterocycles. The van der Waals surface area contributed by atoms with Gasteiger partial charge in [-0.05, 0) is 13.0 Å². The van der Waals surface area contributed by atoms with Gasteiger partial charge in [0.1, 0.15) is 0 Å². The Balaban J connectivity index is 2.38. The molecule has 1 unspecified atom stereocenters. The first kappa shape index (κ1) is 7.93. The molecule has 0 bridgehead atoms. The predicted molar refractivity (Wildman–Crippen MR) is 33.9 cm³/mol. The maximum absolute atomic E-state index is 10.1. The second kappa shape index (κ2) is 2.83. The molecule has 0 saturated carbocycles. The summed E-state index contributed by atoms with van der Waals surface area (Å²) in [5.74, 6) is 0. The molecule has 1 fully saturated rings. The number of rotatable bonds is 2. The van der Waals surface area contributed by atoms with Crippen LogP contribution in [-0.4, -0.2) is 32.2 Å². The average Bonchev–Trinajstić information content (AvgIpc) is 2.12. The van der Waals surface area contributed by atoms with E-state index >= 15 is 0 Å². The van der Waals surface area contributed by atoms with Gasteiger partial charge < -0.3 is 5.32 Å².